The number of likely N-dealkylation sites (N-methyl/N-ethyl adjacent to an activating group) is 1. The number of aromatic nitrogens is 3. The number of carbonyl (C=O) groups excluding carboxylic acids is 1. The Morgan fingerprint density at radius 3 is 2.63 bits per heavy atom. The fourth-order valence-corrected chi connectivity index (χ4v) is 2.74. The zero-order chi connectivity index (χ0) is 13.2. The summed E-state index contributed by atoms with van der Waals surface area (Å²) in [5.41, 5.74) is 0. The van der Waals surface area contributed by atoms with Crippen molar-refractivity contribution in [3.8, 4) is 0 Å². The highest BCUT2D eigenvalue weighted by molar-refractivity contribution is 5.75. The second-order valence-corrected chi connectivity index (χ2v) is 5.34. The number of urea groups is 1. The molecule has 0 bridgehead atoms. The summed E-state index contributed by atoms with van der Waals surface area (Å²) in [6, 6.07) is 0.453. The van der Waals surface area contributed by atoms with E-state index in [1.165, 1.54) is 0 Å². The molecular formula is C12H20N6O. The molecule has 1 aromatic heterocycles. The van der Waals surface area contributed by atoms with Gasteiger partial charge in [0.15, 0.2) is 0 Å². The highest BCUT2D eigenvalue weighted by atomic mass is 16.2. The fourth-order valence-electron chi connectivity index (χ4n) is 2.74. The molecule has 3 rings (SSSR count). The topological polar surface area (TPSA) is 57.5 Å². The molecule has 2 saturated heterocycles. The van der Waals surface area contributed by atoms with Gasteiger partial charge in [-0.3, -0.25) is 0 Å². The molecule has 0 radical (unpaired) electrons. The van der Waals surface area contributed by atoms with Crippen molar-refractivity contribution in [3.63, 3.8) is 0 Å². The maximum absolute atomic E-state index is 12.4. The number of likely N-dealkylation sites (tertiary alicyclic amines) is 1. The van der Waals surface area contributed by atoms with Gasteiger partial charge < -0.3 is 14.7 Å². The van der Waals surface area contributed by atoms with Gasteiger partial charge in [0, 0.05) is 45.5 Å². The number of rotatable bonds is 1. The zero-order valence-electron chi connectivity index (χ0n) is 11.3. The maximum atomic E-state index is 12.4. The first-order valence-electron chi connectivity index (χ1n) is 6.82. The van der Waals surface area contributed by atoms with E-state index in [9.17, 15) is 4.79 Å². The molecule has 1 atom stereocenters. The van der Waals surface area contributed by atoms with Crippen LogP contribution in [0.1, 0.15) is 12.5 Å². The lowest BCUT2D eigenvalue weighted by atomic mass is 10.3. The molecule has 0 N–H and O–H groups in total. The van der Waals surface area contributed by atoms with Crippen molar-refractivity contribution in [1.82, 2.24) is 29.7 Å². The maximum Gasteiger partial charge on any atom is 0.320 e. The molecule has 2 amide bonds. The minimum Gasteiger partial charge on any atom is -0.322 e. The van der Waals surface area contributed by atoms with Crippen molar-refractivity contribution >= 4 is 6.03 Å². The summed E-state index contributed by atoms with van der Waals surface area (Å²) < 4.78 is 1.86. The van der Waals surface area contributed by atoms with Crippen LogP contribution < -0.4 is 0 Å². The van der Waals surface area contributed by atoms with Crippen LogP contribution >= 0.6 is 0 Å². The SMILES string of the molecule is CN1CCN(C(=O)N2CCC(n3ccnn3)C2)CC1. The Morgan fingerprint density at radius 1 is 1.16 bits per heavy atom. The lowest BCUT2D eigenvalue weighted by Gasteiger charge is -2.34. The average Bonchev–Trinajstić information content (AvgIpc) is 3.10. The van der Waals surface area contributed by atoms with Gasteiger partial charge in [0.05, 0.1) is 12.2 Å². The molecule has 0 spiro atoms. The number of hydrogen-bond donors (Lipinski definition) is 0. The van der Waals surface area contributed by atoms with Crippen LogP contribution in [0.25, 0.3) is 0 Å². The van der Waals surface area contributed by atoms with E-state index in [4.69, 9.17) is 0 Å². The fraction of sp³-hybridized carbons (Fsp3) is 0.750. The van der Waals surface area contributed by atoms with Gasteiger partial charge in [-0.05, 0) is 13.5 Å². The second kappa shape index (κ2) is 5.16. The standard InChI is InChI=1S/C12H20N6O/c1-15-6-8-16(9-7-15)12(19)17-4-2-11(10-17)18-5-3-13-14-18/h3,5,11H,2,4,6-10H2,1H3. The monoisotopic (exact) mass is 264 g/mol. The summed E-state index contributed by atoms with van der Waals surface area (Å²) in [5, 5.41) is 7.85. The van der Waals surface area contributed by atoms with Crippen molar-refractivity contribution in [2.45, 2.75) is 12.5 Å². The number of nitrogens with zero attached hydrogens (tertiary/aromatic N) is 6. The van der Waals surface area contributed by atoms with Crippen molar-refractivity contribution in [3.05, 3.63) is 12.4 Å². The smallest absolute Gasteiger partial charge is 0.320 e. The Balaban J connectivity index is 1.57. The largest absolute Gasteiger partial charge is 0.322 e. The van der Waals surface area contributed by atoms with Crippen LogP contribution in [0.15, 0.2) is 12.4 Å². The third-order valence-corrected chi connectivity index (χ3v) is 4.02. The molecule has 1 unspecified atom stereocenters. The highest BCUT2D eigenvalue weighted by Gasteiger charge is 2.31. The van der Waals surface area contributed by atoms with Gasteiger partial charge in [-0.2, -0.15) is 0 Å². The molecule has 3 heterocycles. The first kappa shape index (κ1) is 12.4. The molecule has 2 aliphatic heterocycles. The van der Waals surface area contributed by atoms with Gasteiger partial charge >= 0.3 is 6.03 Å². The van der Waals surface area contributed by atoms with E-state index in [2.05, 4.69) is 22.3 Å². The third-order valence-electron chi connectivity index (χ3n) is 4.02. The first-order chi connectivity index (χ1) is 9.24. The zero-order valence-corrected chi connectivity index (χ0v) is 11.3. The summed E-state index contributed by atoms with van der Waals surface area (Å²) in [7, 11) is 2.10. The predicted octanol–water partition coefficient (Wildman–Crippen LogP) is -0.108. The van der Waals surface area contributed by atoms with Crippen LogP contribution in [0.3, 0.4) is 0 Å². The summed E-state index contributed by atoms with van der Waals surface area (Å²) >= 11 is 0. The molecule has 0 aromatic carbocycles. The van der Waals surface area contributed by atoms with Crippen LogP contribution in [0.5, 0.6) is 0 Å². The molecular weight excluding hydrogens is 244 g/mol. The number of piperazine rings is 1. The molecule has 2 fully saturated rings. The van der Waals surface area contributed by atoms with Crippen LogP contribution in [-0.2, 0) is 0 Å². The quantitative estimate of drug-likeness (QED) is 0.710. The summed E-state index contributed by atoms with van der Waals surface area (Å²) in [6.45, 7) is 5.15. The third kappa shape index (κ3) is 2.56. The summed E-state index contributed by atoms with van der Waals surface area (Å²) in [6.07, 6.45) is 4.52. The first-order valence-corrected chi connectivity index (χ1v) is 6.82. The van der Waals surface area contributed by atoms with E-state index in [1.807, 2.05) is 20.7 Å². The molecule has 7 nitrogen and oxygen atoms in total. The Hall–Kier alpha value is -1.63. The number of carbonyl (C=O) groups is 1. The molecule has 7 heteroatoms. The number of hydrogen-bond acceptors (Lipinski definition) is 4. The van der Waals surface area contributed by atoms with Gasteiger partial charge in [-0.15, -0.1) is 5.10 Å². The van der Waals surface area contributed by atoms with E-state index in [0.717, 1.165) is 45.7 Å². The van der Waals surface area contributed by atoms with Gasteiger partial charge in [0.1, 0.15) is 0 Å². The molecule has 1 aromatic rings. The van der Waals surface area contributed by atoms with Crippen molar-refractivity contribution in [2.75, 3.05) is 46.3 Å². The summed E-state index contributed by atoms with van der Waals surface area (Å²) in [5.74, 6) is 0. The predicted molar refractivity (Wildman–Crippen MR) is 69.7 cm³/mol. The Morgan fingerprint density at radius 2 is 1.95 bits per heavy atom. The lowest BCUT2D eigenvalue weighted by molar-refractivity contribution is 0.128. The van der Waals surface area contributed by atoms with Crippen molar-refractivity contribution in [2.24, 2.45) is 0 Å². The molecule has 19 heavy (non-hydrogen) atoms. The number of amides is 2. The van der Waals surface area contributed by atoms with Crippen LogP contribution in [0.2, 0.25) is 0 Å². The van der Waals surface area contributed by atoms with Crippen molar-refractivity contribution < 1.29 is 4.79 Å². The minimum absolute atomic E-state index is 0.177. The van der Waals surface area contributed by atoms with E-state index in [-0.39, 0.29) is 12.1 Å². The lowest BCUT2D eigenvalue weighted by Crippen LogP contribution is -2.51. The average molecular weight is 264 g/mol. The van der Waals surface area contributed by atoms with Crippen LogP contribution in [0, 0.1) is 0 Å². The molecule has 0 saturated carbocycles. The van der Waals surface area contributed by atoms with Gasteiger partial charge in [-0.1, -0.05) is 5.21 Å². The van der Waals surface area contributed by atoms with Gasteiger partial charge in [-0.25, -0.2) is 9.48 Å². The minimum atomic E-state index is 0.177. The normalized spacial score (nSPS) is 25.0. The summed E-state index contributed by atoms with van der Waals surface area (Å²) in [4.78, 5) is 18.6. The van der Waals surface area contributed by atoms with Gasteiger partial charge in [0.2, 0.25) is 0 Å². The van der Waals surface area contributed by atoms with Crippen LogP contribution in [-0.4, -0.2) is 82.0 Å². The van der Waals surface area contributed by atoms with E-state index in [0.29, 0.717) is 0 Å². The second-order valence-electron chi connectivity index (χ2n) is 5.34. The van der Waals surface area contributed by atoms with E-state index in [1.54, 1.807) is 6.20 Å². The Bertz CT molecular complexity index is 425. The Labute approximate surface area is 112 Å². The molecule has 0 aliphatic carbocycles. The van der Waals surface area contributed by atoms with Gasteiger partial charge in [0.25, 0.3) is 0 Å². The van der Waals surface area contributed by atoms with E-state index < -0.39 is 0 Å². The molecule has 104 valence electrons. The van der Waals surface area contributed by atoms with Crippen molar-refractivity contribution in [1.29, 1.82) is 0 Å². The van der Waals surface area contributed by atoms with Crippen LogP contribution in [0.4, 0.5) is 4.79 Å². The Kier molecular flexibility index (Phi) is 3.37. The van der Waals surface area contributed by atoms with E-state index >= 15 is 0 Å². The molecule has 2 aliphatic rings. The highest BCUT2D eigenvalue weighted by Crippen LogP contribution is 2.21.